The molecule has 2 aliphatic rings. The molecule has 0 aromatic rings. The minimum Gasteiger partial charge on any atom is -0.444 e. The van der Waals surface area contributed by atoms with E-state index >= 15 is 0 Å². The van der Waals surface area contributed by atoms with Gasteiger partial charge in [-0.3, -0.25) is 4.90 Å². The molecular weight excluding hydrogens is 204 g/mol. The monoisotopic (exact) mass is 226 g/mol. The predicted molar refractivity (Wildman–Crippen MR) is 62.4 cm³/mol. The number of amides is 1. The normalized spacial score (nSPS) is 28.0. The zero-order chi connectivity index (χ0) is 12.0. The molecule has 1 aliphatic heterocycles. The van der Waals surface area contributed by atoms with Gasteiger partial charge in [-0.2, -0.15) is 0 Å². The summed E-state index contributed by atoms with van der Waals surface area (Å²) < 4.78 is 5.48. The van der Waals surface area contributed by atoms with Crippen LogP contribution in [-0.2, 0) is 4.74 Å². The van der Waals surface area contributed by atoms with Gasteiger partial charge in [0.1, 0.15) is 5.60 Å². The minimum absolute atomic E-state index is 0.0556. The highest BCUT2D eigenvalue weighted by molar-refractivity contribution is 5.70. The Morgan fingerprint density at radius 1 is 1.44 bits per heavy atom. The van der Waals surface area contributed by atoms with Crippen LogP contribution >= 0.6 is 0 Å². The van der Waals surface area contributed by atoms with E-state index in [-0.39, 0.29) is 17.7 Å². The topological polar surface area (TPSA) is 41.6 Å². The molecule has 1 aliphatic carbocycles. The van der Waals surface area contributed by atoms with Gasteiger partial charge in [0.15, 0.2) is 0 Å². The van der Waals surface area contributed by atoms with Crippen LogP contribution in [0, 0.1) is 0 Å². The Kier molecular flexibility index (Phi) is 2.65. The van der Waals surface area contributed by atoms with E-state index in [1.807, 2.05) is 25.7 Å². The lowest BCUT2D eigenvalue weighted by Crippen LogP contribution is -2.60. The van der Waals surface area contributed by atoms with Gasteiger partial charge < -0.3 is 10.1 Å². The molecule has 4 nitrogen and oxygen atoms in total. The van der Waals surface area contributed by atoms with Crippen LogP contribution in [0.5, 0.6) is 0 Å². The van der Waals surface area contributed by atoms with Crippen LogP contribution in [0.3, 0.4) is 0 Å². The van der Waals surface area contributed by atoms with E-state index in [2.05, 4.69) is 12.2 Å². The number of hydrogen-bond donors (Lipinski definition) is 1. The molecule has 16 heavy (non-hydrogen) atoms. The SMILES string of the molecule is C[C@H]1CNCC2(CC2)N1C(=O)OC(C)(C)C. The first kappa shape index (κ1) is 11.7. The Hall–Kier alpha value is -0.770. The Morgan fingerprint density at radius 3 is 2.56 bits per heavy atom. The summed E-state index contributed by atoms with van der Waals surface area (Å²) in [7, 11) is 0. The molecule has 1 N–H and O–H groups in total. The molecule has 1 saturated heterocycles. The average molecular weight is 226 g/mol. The summed E-state index contributed by atoms with van der Waals surface area (Å²) in [4.78, 5) is 14.1. The second-order valence-corrected chi connectivity index (χ2v) is 6.05. The molecule has 1 spiro atoms. The van der Waals surface area contributed by atoms with Gasteiger partial charge in [-0.25, -0.2) is 4.79 Å². The van der Waals surface area contributed by atoms with E-state index < -0.39 is 5.60 Å². The van der Waals surface area contributed by atoms with Crippen molar-refractivity contribution >= 4 is 6.09 Å². The summed E-state index contributed by atoms with van der Waals surface area (Å²) in [6.07, 6.45) is 2.05. The molecule has 0 unspecified atom stereocenters. The Balaban J connectivity index is 2.08. The molecule has 0 bridgehead atoms. The zero-order valence-corrected chi connectivity index (χ0v) is 10.7. The van der Waals surface area contributed by atoms with Crippen LogP contribution in [0.4, 0.5) is 4.79 Å². The van der Waals surface area contributed by atoms with E-state index in [4.69, 9.17) is 4.74 Å². The van der Waals surface area contributed by atoms with Crippen molar-refractivity contribution in [3.63, 3.8) is 0 Å². The van der Waals surface area contributed by atoms with Crippen molar-refractivity contribution in [3.05, 3.63) is 0 Å². The van der Waals surface area contributed by atoms with Crippen molar-refractivity contribution in [3.8, 4) is 0 Å². The molecule has 2 rings (SSSR count). The molecule has 1 saturated carbocycles. The lowest BCUT2D eigenvalue weighted by Gasteiger charge is -2.42. The van der Waals surface area contributed by atoms with E-state index in [0.717, 1.165) is 25.9 Å². The third-order valence-corrected chi connectivity index (χ3v) is 3.26. The van der Waals surface area contributed by atoms with Gasteiger partial charge in [0.05, 0.1) is 5.54 Å². The van der Waals surface area contributed by atoms with Crippen LogP contribution in [0.1, 0.15) is 40.5 Å². The number of rotatable bonds is 0. The Morgan fingerprint density at radius 2 is 2.06 bits per heavy atom. The van der Waals surface area contributed by atoms with E-state index in [0.29, 0.717) is 0 Å². The number of ether oxygens (including phenoxy) is 1. The largest absolute Gasteiger partial charge is 0.444 e. The maximum Gasteiger partial charge on any atom is 0.411 e. The number of carbonyl (C=O) groups is 1. The van der Waals surface area contributed by atoms with Gasteiger partial charge in [0, 0.05) is 19.1 Å². The number of nitrogens with one attached hydrogen (secondary N) is 1. The fourth-order valence-electron chi connectivity index (χ4n) is 2.40. The van der Waals surface area contributed by atoms with Crippen molar-refractivity contribution in [1.82, 2.24) is 10.2 Å². The molecule has 1 heterocycles. The molecule has 92 valence electrons. The highest BCUT2D eigenvalue weighted by Gasteiger charge is 2.54. The highest BCUT2D eigenvalue weighted by Crippen LogP contribution is 2.44. The van der Waals surface area contributed by atoms with Gasteiger partial charge in [-0.15, -0.1) is 0 Å². The lowest BCUT2D eigenvalue weighted by molar-refractivity contribution is -0.00406. The summed E-state index contributed by atoms with van der Waals surface area (Å²) in [5.41, 5.74) is -0.349. The summed E-state index contributed by atoms with van der Waals surface area (Å²) in [6.45, 7) is 9.60. The first-order chi connectivity index (χ1) is 7.34. The van der Waals surface area contributed by atoms with Crippen LogP contribution in [0.2, 0.25) is 0 Å². The smallest absolute Gasteiger partial charge is 0.411 e. The van der Waals surface area contributed by atoms with Crippen LogP contribution < -0.4 is 5.32 Å². The second kappa shape index (κ2) is 3.62. The number of piperazine rings is 1. The van der Waals surface area contributed by atoms with E-state index in [1.54, 1.807) is 0 Å². The molecular formula is C12H22N2O2. The third kappa shape index (κ3) is 2.17. The summed E-state index contributed by atoms with van der Waals surface area (Å²) in [6, 6.07) is 0.228. The molecule has 1 amide bonds. The van der Waals surface area contributed by atoms with Crippen molar-refractivity contribution in [2.45, 2.75) is 57.7 Å². The van der Waals surface area contributed by atoms with Gasteiger partial charge >= 0.3 is 6.09 Å². The molecule has 0 aromatic heterocycles. The van der Waals surface area contributed by atoms with Crippen LogP contribution in [-0.4, -0.2) is 41.3 Å². The molecule has 0 radical (unpaired) electrons. The van der Waals surface area contributed by atoms with Crippen LogP contribution in [0.25, 0.3) is 0 Å². The molecule has 2 fully saturated rings. The van der Waals surface area contributed by atoms with Gasteiger partial charge in [-0.1, -0.05) is 0 Å². The number of carbonyl (C=O) groups excluding carboxylic acids is 1. The van der Waals surface area contributed by atoms with Gasteiger partial charge in [0.25, 0.3) is 0 Å². The number of hydrogen-bond acceptors (Lipinski definition) is 3. The van der Waals surface area contributed by atoms with Crippen molar-refractivity contribution in [2.75, 3.05) is 13.1 Å². The van der Waals surface area contributed by atoms with Gasteiger partial charge in [-0.05, 0) is 40.5 Å². The average Bonchev–Trinajstić information content (AvgIpc) is 2.81. The van der Waals surface area contributed by atoms with E-state index in [1.165, 1.54) is 0 Å². The highest BCUT2D eigenvalue weighted by atomic mass is 16.6. The minimum atomic E-state index is -0.405. The zero-order valence-electron chi connectivity index (χ0n) is 10.7. The summed E-state index contributed by atoms with van der Waals surface area (Å²) in [5, 5.41) is 3.39. The maximum atomic E-state index is 12.2. The standard InChI is InChI=1S/C12H22N2O2/c1-9-7-13-8-12(5-6-12)14(9)10(15)16-11(2,3)4/h9,13H,5-8H2,1-4H3/t9-/m0/s1. The first-order valence-corrected chi connectivity index (χ1v) is 6.07. The third-order valence-electron chi connectivity index (χ3n) is 3.26. The molecule has 1 atom stereocenters. The first-order valence-electron chi connectivity index (χ1n) is 6.07. The van der Waals surface area contributed by atoms with Crippen molar-refractivity contribution in [2.24, 2.45) is 0 Å². The summed E-state index contributed by atoms with van der Waals surface area (Å²) >= 11 is 0. The predicted octanol–water partition coefficient (Wildman–Crippen LogP) is 1.75. The Bertz CT molecular complexity index is 292. The fourth-order valence-corrected chi connectivity index (χ4v) is 2.40. The lowest BCUT2D eigenvalue weighted by atomic mass is 10.1. The molecule has 0 aromatic carbocycles. The van der Waals surface area contributed by atoms with Crippen molar-refractivity contribution in [1.29, 1.82) is 0 Å². The second-order valence-electron chi connectivity index (χ2n) is 6.05. The van der Waals surface area contributed by atoms with Crippen LogP contribution in [0.15, 0.2) is 0 Å². The summed E-state index contributed by atoms with van der Waals surface area (Å²) in [5.74, 6) is 0. The van der Waals surface area contributed by atoms with E-state index in [9.17, 15) is 4.79 Å². The fraction of sp³-hybridized carbons (Fsp3) is 0.917. The maximum absolute atomic E-state index is 12.2. The van der Waals surface area contributed by atoms with Gasteiger partial charge in [0.2, 0.25) is 0 Å². The van der Waals surface area contributed by atoms with Crippen molar-refractivity contribution < 1.29 is 9.53 Å². The Labute approximate surface area is 97.3 Å². The quantitative estimate of drug-likeness (QED) is 0.684. The number of nitrogens with zero attached hydrogens (tertiary/aromatic N) is 1. The molecule has 4 heteroatoms.